The van der Waals surface area contributed by atoms with E-state index in [9.17, 15) is 4.79 Å². The van der Waals surface area contributed by atoms with E-state index in [2.05, 4.69) is 20.6 Å². The Kier molecular flexibility index (Phi) is 3.86. The van der Waals surface area contributed by atoms with Gasteiger partial charge in [0.1, 0.15) is 5.82 Å². The molecule has 0 atom stereocenters. The summed E-state index contributed by atoms with van der Waals surface area (Å²) in [6.07, 6.45) is 3.24. The molecule has 0 fully saturated rings. The monoisotopic (exact) mass is 242 g/mol. The molecule has 5 heteroatoms. The van der Waals surface area contributed by atoms with Crippen molar-refractivity contribution in [2.45, 2.75) is 6.54 Å². The van der Waals surface area contributed by atoms with E-state index < -0.39 is 0 Å². The van der Waals surface area contributed by atoms with E-state index in [0.717, 1.165) is 11.5 Å². The number of hydrogen-bond donors (Lipinski definition) is 2. The van der Waals surface area contributed by atoms with Gasteiger partial charge in [0.2, 0.25) is 0 Å². The van der Waals surface area contributed by atoms with Crippen LogP contribution in [0.2, 0.25) is 0 Å². The van der Waals surface area contributed by atoms with Gasteiger partial charge in [0, 0.05) is 19.4 Å². The fourth-order valence-corrected chi connectivity index (χ4v) is 1.45. The number of aromatic nitrogens is 2. The number of amides is 1. The molecular weight excluding hydrogens is 228 g/mol. The van der Waals surface area contributed by atoms with Crippen molar-refractivity contribution in [3.63, 3.8) is 0 Å². The number of carbonyl (C=O) groups excluding carboxylic acids is 1. The van der Waals surface area contributed by atoms with E-state index in [0.29, 0.717) is 12.1 Å². The first-order chi connectivity index (χ1) is 8.79. The highest BCUT2D eigenvalue weighted by atomic mass is 16.1. The van der Waals surface area contributed by atoms with Crippen LogP contribution >= 0.6 is 0 Å². The van der Waals surface area contributed by atoms with Gasteiger partial charge in [-0.3, -0.25) is 9.78 Å². The van der Waals surface area contributed by atoms with E-state index in [1.807, 2.05) is 18.2 Å². The zero-order valence-electron chi connectivity index (χ0n) is 10.1. The van der Waals surface area contributed by atoms with E-state index in [4.69, 9.17) is 0 Å². The van der Waals surface area contributed by atoms with Gasteiger partial charge in [-0.05, 0) is 24.3 Å². The van der Waals surface area contributed by atoms with Crippen LogP contribution in [0.15, 0.2) is 42.7 Å². The Morgan fingerprint density at radius 1 is 1.22 bits per heavy atom. The number of rotatable bonds is 4. The van der Waals surface area contributed by atoms with Crippen molar-refractivity contribution in [1.82, 2.24) is 15.3 Å². The van der Waals surface area contributed by atoms with E-state index >= 15 is 0 Å². The van der Waals surface area contributed by atoms with Crippen molar-refractivity contribution < 1.29 is 4.79 Å². The normalized spacial score (nSPS) is 9.83. The molecule has 2 heterocycles. The SMILES string of the molecule is CNc1ccc(C(=O)NCc2ccccn2)cn1. The van der Waals surface area contributed by atoms with E-state index in [1.54, 1.807) is 31.6 Å². The highest BCUT2D eigenvalue weighted by Gasteiger charge is 2.05. The number of anilines is 1. The van der Waals surface area contributed by atoms with Gasteiger partial charge >= 0.3 is 0 Å². The highest BCUT2D eigenvalue weighted by molar-refractivity contribution is 5.93. The number of pyridine rings is 2. The maximum atomic E-state index is 11.8. The predicted molar refractivity (Wildman–Crippen MR) is 69.2 cm³/mol. The third-order valence-corrected chi connectivity index (χ3v) is 2.44. The molecule has 2 rings (SSSR count). The summed E-state index contributed by atoms with van der Waals surface area (Å²) in [5.41, 5.74) is 1.36. The molecule has 0 saturated carbocycles. The standard InChI is InChI=1S/C13H14N4O/c1-14-12-6-5-10(8-16-12)13(18)17-9-11-4-2-3-7-15-11/h2-8H,9H2,1H3,(H,14,16)(H,17,18). The molecule has 1 amide bonds. The van der Waals surface area contributed by atoms with Crippen molar-refractivity contribution in [3.8, 4) is 0 Å². The van der Waals surface area contributed by atoms with Crippen molar-refractivity contribution in [1.29, 1.82) is 0 Å². The minimum atomic E-state index is -0.157. The molecule has 0 spiro atoms. The Hall–Kier alpha value is -2.43. The second kappa shape index (κ2) is 5.77. The van der Waals surface area contributed by atoms with Crippen molar-refractivity contribution >= 4 is 11.7 Å². The van der Waals surface area contributed by atoms with Gasteiger partial charge in [-0.15, -0.1) is 0 Å². The van der Waals surface area contributed by atoms with Crippen LogP contribution in [0.4, 0.5) is 5.82 Å². The maximum absolute atomic E-state index is 11.8. The van der Waals surface area contributed by atoms with Gasteiger partial charge in [-0.1, -0.05) is 6.07 Å². The number of nitrogens with zero attached hydrogens (tertiary/aromatic N) is 2. The fraction of sp³-hybridized carbons (Fsp3) is 0.154. The van der Waals surface area contributed by atoms with Gasteiger partial charge in [0.15, 0.2) is 0 Å². The Bertz CT molecular complexity index is 510. The summed E-state index contributed by atoms with van der Waals surface area (Å²) in [6, 6.07) is 9.08. The zero-order valence-corrected chi connectivity index (χ0v) is 10.1. The summed E-state index contributed by atoms with van der Waals surface area (Å²) in [5.74, 6) is 0.576. The smallest absolute Gasteiger partial charge is 0.253 e. The summed E-state index contributed by atoms with van der Waals surface area (Å²) < 4.78 is 0. The highest BCUT2D eigenvalue weighted by Crippen LogP contribution is 2.04. The summed E-state index contributed by atoms with van der Waals surface area (Å²) in [7, 11) is 1.78. The van der Waals surface area contributed by atoms with Gasteiger partial charge in [-0.2, -0.15) is 0 Å². The second-order valence-corrected chi connectivity index (χ2v) is 3.69. The third-order valence-electron chi connectivity index (χ3n) is 2.44. The average molecular weight is 242 g/mol. The van der Waals surface area contributed by atoms with Crippen molar-refractivity contribution in [2.24, 2.45) is 0 Å². The molecule has 0 aromatic carbocycles. The van der Waals surface area contributed by atoms with Crippen LogP contribution in [0.1, 0.15) is 16.1 Å². The van der Waals surface area contributed by atoms with Crippen molar-refractivity contribution in [3.05, 3.63) is 54.0 Å². The molecule has 2 aromatic heterocycles. The first-order valence-electron chi connectivity index (χ1n) is 5.61. The quantitative estimate of drug-likeness (QED) is 0.851. The molecule has 0 aliphatic heterocycles. The number of nitrogens with one attached hydrogen (secondary N) is 2. The first-order valence-corrected chi connectivity index (χ1v) is 5.61. The van der Waals surface area contributed by atoms with Gasteiger partial charge in [-0.25, -0.2) is 4.98 Å². The molecule has 0 aliphatic rings. The molecule has 0 aliphatic carbocycles. The lowest BCUT2D eigenvalue weighted by molar-refractivity contribution is 0.0950. The van der Waals surface area contributed by atoms with Crippen LogP contribution in [0.25, 0.3) is 0 Å². The largest absolute Gasteiger partial charge is 0.373 e. The molecule has 18 heavy (non-hydrogen) atoms. The van der Waals surface area contributed by atoms with E-state index in [-0.39, 0.29) is 5.91 Å². The number of carbonyl (C=O) groups is 1. The Morgan fingerprint density at radius 2 is 2.11 bits per heavy atom. The minimum absolute atomic E-state index is 0.157. The number of hydrogen-bond acceptors (Lipinski definition) is 4. The van der Waals surface area contributed by atoms with Crippen LogP contribution in [-0.4, -0.2) is 22.9 Å². The summed E-state index contributed by atoms with van der Waals surface area (Å²) in [5, 5.41) is 5.69. The molecule has 0 bridgehead atoms. The lowest BCUT2D eigenvalue weighted by Crippen LogP contribution is -2.23. The Labute approximate surface area is 105 Å². The molecule has 92 valence electrons. The Morgan fingerprint density at radius 3 is 2.72 bits per heavy atom. The molecule has 5 nitrogen and oxygen atoms in total. The molecular formula is C13H14N4O. The Balaban J connectivity index is 1.95. The molecule has 0 radical (unpaired) electrons. The maximum Gasteiger partial charge on any atom is 0.253 e. The van der Waals surface area contributed by atoms with Crippen LogP contribution in [0, 0.1) is 0 Å². The fourth-order valence-electron chi connectivity index (χ4n) is 1.45. The van der Waals surface area contributed by atoms with Crippen molar-refractivity contribution in [2.75, 3.05) is 12.4 Å². The molecule has 2 aromatic rings. The molecule has 2 N–H and O–H groups in total. The average Bonchev–Trinajstić information content (AvgIpc) is 2.46. The van der Waals surface area contributed by atoms with Crippen LogP contribution < -0.4 is 10.6 Å². The predicted octanol–water partition coefficient (Wildman–Crippen LogP) is 1.45. The third kappa shape index (κ3) is 3.04. The summed E-state index contributed by atoms with van der Waals surface area (Å²) in [4.78, 5) is 20.0. The summed E-state index contributed by atoms with van der Waals surface area (Å²) >= 11 is 0. The minimum Gasteiger partial charge on any atom is -0.373 e. The van der Waals surface area contributed by atoms with Crippen LogP contribution in [0.3, 0.4) is 0 Å². The first kappa shape index (κ1) is 12.0. The van der Waals surface area contributed by atoms with E-state index in [1.165, 1.54) is 0 Å². The lowest BCUT2D eigenvalue weighted by Gasteiger charge is -2.05. The lowest BCUT2D eigenvalue weighted by atomic mass is 10.2. The second-order valence-electron chi connectivity index (χ2n) is 3.69. The zero-order chi connectivity index (χ0) is 12.8. The molecule has 0 saturated heterocycles. The van der Waals surface area contributed by atoms with Gasteiger partial charge < -0.3 is 10.6 Å². The van der Waals surface area contributed by atoms with Crippen LogP contribution in [0.5, 0.6) is 0 Å². The van der Waals surface area contributed by atoms with Crippen LogP contribution in [-0.2, 0) is 6.54 Å². The van der Waals surface area contributed by atoms with Gasteiger partial charge in [0.25, 0.3) is 5.91 Å². The van der Waals surface area contributed by atoms with Gasteiger partial charge in [0.05, 0.1) is 17.8 Å². The summed E-state index contributed by atoms with van der Waals surface area (Å²) in [6.45, 7) is 0.410. The topological polar surface area (TPSA) is 66.9 Å². The molecule has 0 unspecified atom stereocenters.